The quantitative estimate of drug-likeness (QED) is 0.585. The van der Waals surface area contributed by atoms with Gasteiger partial charge in [0.25, 0.3) is 0 Å². The fraction of sp³-hybridized carbons (Fsp3) is 0.333. The summed E-state index contributed by atoms with van der Waals surface area (Å²) in [5.41, 5.74) is 4.62. The average Bonchev–Trinajstić information content (AvgIpc) is 3.20. The van der Waals surface area contributed by atoms with Crippen LogP contribution < -0.4 is 10.6 Å². The van der Waals surface area contributed by atoms with Gasteiger partial charge in [-0.2, -0.15) is 5.10 Å². The highest BCUT2D eigenvalue weighted by Crippen LogP contribution is 2.27. The molecular weight excluding hydrogens is 380 g/mol. The standard InChI is InChI=1S/C18H22N6OS2/c1-5-19-17-21-22-18(27-17)26-10-15(25)20-16-12(3)23-24(13(16)4)14-8-6-11(2)7-9-14/h6-9H,5,10H2,1-4H3,(H,19,21)(H,20,25). The van der Waals surface area contributed by atoms with E-state index in [-0.39, 0.29) is 11.7 Å². The van der Waals surface area contributed by atoms with Crippen molar-refractivity contribution in [3.8, 4) is 5.69 Å². The molecule has 0 aliphatic carbocycles. The van der Waals surface area contributed by atoms with Crippen molar-refractivity contribution >= 4 is 39.8 Å². The van der Waals surface area contributed by atoms with Gasteiger partial charge in [-0.3, -0.25) is 4.79 Å². The van der Waals surface area contributed by atoms with Crippen LogP contribution in [-0.2, 0) is 4.79 Å². The molecule has 9 heteroatoms. The molecule has 0 spiro atoms. The molecule has 3 aromatic rings. The number of nitrogens with zero attached hydrogens (tertiary/aromatic N) is 4. The summed E-state index contributed by atoms with van der Waals surface area (Å²) in [7, 11) is 0. The number of rotatable bonds is 7. The molecule has 0 bridgehead atoms. The normalized spacial score (nSPS) is 10.8. The number of anilines is 2. The molecule has 2 aromatic heterocycles. The van der Waals surface area contributed by atoms with Crippen molar-refractivity contribution in [2.45, 2.75) is 32.0 Å². The van der Waals surface area contributed by atoms with Crippen LogP contribution in [0.15, 0.2) is 28.6 Å². The van der Waals surface area contributed by atoms with Gasteiger partial charge in [-0.15, -0.1) is 10.2 Å². The fourth-order valence-corrected chi connectivity index (χ4v) is 4.17. The van der Waals surface area contributed by atoms with Crippen LogP contribution in [0.2, 0.25) is 0 Å². The molecular formula is C18H22N6OS2. The van der Waals surface area contributed by atoms with Crippen LogP contribution >= 0.6 is 23.1 Å². The summed E-state index contributed by atoms with van der Waals surface area (Å²) in [6.07, 6.45) is 0. The van der Waals surface area contributed by atoms with Gasteiger partial charge in [0.15, 0.2) is 4.34 Å². The minimum atomic E-state index is -0.0881. The van der Waals surface area contributed by atoms with Crippen LogP contribution in [-0.4, -0.2) is 38.2 Å². The smallest absolute Gasteiger partial charge is 0.234 e. The first-order valence-electron chi connectivity index (χ1n) is 8.61. The first-order valence-corrected chi connectivity index (χ1v) is 10.4. The Morgan fingerprint density at radius 2 is 1.93 bits per heavy atom. The minimum Gasteiger partial charge on any atom is -0.360 e. The molecule has 27 heavy (non-hydrogen) atoms. The van der Waals surface area contributed by atoms with Gasteiger partial charge in [-0.25, -0.2) is 4.68 Å². The Kier molecular flexibility index (Phi) is 6.12. The zero-order valence-corrected chi connectivity index (χ0v) is 17.4. The maximum atomic E-state index is 12.4. The highest BCUT2D eigenvalue weighted by Gasteiger charge is 2.16. The largest absolute Gasteiger partial charge is 0.360 e. The van der Waals surface area contributed by atoms with Gasteiger partial charge in [-0.05, 0) is 39.8 Å². The molecule has 7 nitrogen and oxygen atoms in total. The lowest BCUT2D eigenvalue weighted by Crippen LogP contribution is -2.15. The Labute approximate surface area is 166 Å². The molecule has 0 aliphatic heterocycles. The molecule has 1 amide bonds. The van der Waals surface area contributed by atoms with E-state index in [1.54, 1.807) is 0 Å². The van der Waals surface area contributed by atoms with Gasteiger partial charge in [0, 0.05) is 6.54 Å². The number of carbonyl (C=O) groups is 1. The minimum absolute atomic E-state index is 0.0881. The summed E-state index contributed by atoms with van der Waals surface area (Å²) >= 11 is 2.82. The van der Waals surface area contributed by atoms with Crippen molar-refractivity contribution in [1.29, 1.82) is 0 Å². The zero-order valence-electron chi connectivity index (χ0n) is 15.7. The van der Waals surface area contributed by atoms with E-state index in [1.165, 1.54) is 28.7 Å². The summed E-state index contributed by atoms with van der Waals surface area (Å²) in [4.78, 5) is 12.4. The molecule has 0 saturated carbocycles. The maximum Gasteiger partial charge on any atom is 0.234 e. The number of thioether (sulfide) groups is 1. The van der Waals surface area contributed by atoms with Gasteiger partial charge in [0.05, 0.1) is 28.5 Å². The summed E-state index contributed by atoms with van der Waals surface area (Å²) in [6, 6.07) is 8.13. The van der Waals surface area contributed by atoms with E-state index in [0.717, 1.165) is 38.8 Å². The van der Waals surface area contributed by atoms with Crippen LogP contribution in [0.25, 0.3) is 5.69 Å². The Bertz CT molecular complexity index is 932. The van der Waals surface area contributed by atoms with Crippen molar-refractivity contribution in [2.75, 3.05) is 22.9 Å². The van der Waals surface area contributed by atoms with E-state index in [4.69, 9.17) is 0 Å². The van der Waals surface area contributed by atoms with Gasteiger partial charge in [-0.1, -0.05) is 40.8 Å². The summed E-state index contributed by atoms with van der Waals surface area (Å²) in [5, 5.41) is 19.5. The molecule has 3 rings (SSSR count). The third-order valence-electron chi connectivity index (χ3n) is 3.90. The lowest BCUT2D eigenvalue weighted by Gasteiger charge is -2.07. The van der Waals surface area contributed by atoms with Gasteiger partial charge < -0.3 is 10.6 Å². The Morgan fingerprint density at radius 1 is 1.19 bits per heavy atom. The average molecular weight is 403 g/mol. The van der Waals surface area contributed by atoms with Crippen molar-refractivity contribution in [3.63, 3.8) is 0 Å². The van der Waals surface area contributed by atoms with E-state index in [1.807, 2.05) is 56.6 Å². The van der Waals surface area contributed by atoms with E-state index in [9.17, 15) is 4.79 Å². The second kappa shape index (κ2) is 8.53. The molecule has 1 aromatic carbocycles. The highest BCUT2D eigenvalue weighted by molar-refractivity contribution is 8.01. The third kappa shape index (κ3) is 4.67. The van der Waals surface area contributed by atoms with E-state index in [2.05, 4.69) is 25.9 Å². The summed E-state index contributed by atoms with van der Waals surface area (Å²) in [6.45, 7) is 8.70. The maximum absolute atomic E-state index is 12.4. The SMILES string of the molecule is CCNc1nnc(SCC(=O)Nc2c(C)nn(-c3ccc(C)cc3)c2C)s1. The summed E-state index contributed by atoms with van der Waals surface area (Å²) < 4.78 is 2.62. The lowest BCUT2D eigenvalue weighted by molar-refractivity contribution is -0.113. The number of aryl methyl sites for hydroxylation is 2. The van der Waals surface area contributed by atoms with E-state index >= 15 is 0 Å². The lowest BCUT2D eigenvalue weighted by atomic mass is 10.2. The molecule has 2 heterocycles. The highest BCUT2D eigenvalue weighted by atomic mass is 32.2. The monoisotopic (exact) mass is 402 g/mol. The first-order chi connectivity index (χ1) is 13.0. The number of carbonyl (C=O) groups excluding carboxylic acids is 1. The van der Waals surface area contributed by atoms with Crippen LogP contribution in [0.4, 0.5) is 10.8 Å². The van der Waals surface area contributed by atoms with Crippen molar-refractivity contribution in [1.82, 2.24) is 20.0 Å². The molecule has 0 unspecified atom stereocenters. The van der Waals surface area contributed by atoms with Crippen LogP contribution in [0.5, 0.6) is 0 Å². The number of benzene rings is 1. The molecule has 142 valence electrons. The van der Waals surface area contributed by atoms with Crippen molar-refractivity contribution < 1.29 is 4.79 Å². The number of nitrogens with one attached hydrogen (secondary N) is 2. The van der Waals surface area contributed by atoms with Crippen LogP contribution in [0.1, 0.15) is 23.9 Å². The van der Waals surface area contributed by atoms with Gasteiger partial charge >= 0.3 is 0 Å². The molecule has 0 atom stereocenters. The topological polar surface area (TPSA) is 84.7 Å². The van der Waals surface area contributed by atoms with Crippen molar-refractivity contribution in [3.05, 3.63) is 41.2 Å². The second-order valence-electron chi connectivity index (χ2n) is 6.03. The molecule has 0 aliphatic rings. The molecule has 0 fully saturated rings. The number of aromatic nitrogens is 4. The predicted molar refractivity (Wildman–Crippen MR) is 111 cm³/mol. The second-order valence-corrected chi connectivity index (χ2v) is 8.23. The first kappa shape index (κ1) is 19.4. The Hall–Kier alpha value is -2.39. The van der Waals surface area contributed by atoms with Crippen LogP contribution in [0, 0.1) is 20.8 Å². The fourth-order valence-electron chi connectivity index (χ4n) is 2.55. The van der Waals surface area contributed by atoms with E-state index < -0.39 is 0 Å². The number of hydrogen-bond acceptors (Lipinski definition) is 7. The molecule has 2 N–H and O–H groups in total. The predicted octanol–water partition coefficient (Wildman–Crippen LogP) is 3.81. The number of amides is 1. The third-order valence-corrected chi connectivity index (χ3v) is 5.91. The molecule has 0 saturated heterocycles. The Balaban J connectivity index is 1.66. The van der Waals surface area contributed by atoms with Gasteiger partial charge in [0.1, 0.15) is 0 Å². The zero-order chi connectivity index (χ0) is 19.4. The summed E-state index contributed by atoms with van der Waals surface area (Å²) in [5.74, 6) is 0.185. The number of hydrogen-bond donors (Lipinski definition) is 2. The van der Waals surface area contributed by atoms with Crippen molar-refractivity contribution in [2.24, 2.45) is 0 Å². The van der Waals surface area contributed by atoms with E-state index in [0.29, 0.717) is 0 Å². The molecule has 0 radical (unpaired) electrons. The van der Waals surface area contributed by atoms with Crippen LogP contribution in [0.3, 0.4) is 0 Å². The Morgan fingerprint density at radius 3 is 2.63 bits per heavy atom. The van der Waals surface area contributed by atoms with Gasteiger partial charge in [0.2, 0.25) is 11.0 Å².